The second-order valence-corrected chi connectivity index (χ2v) is 2.52. The molecule has 0 spiro atoms. The number of anilines is 1. The molecule has 12 heavy (non-hydrogen) atoms. The number of halogens is 1. The van der Waals surface area contributed by atoms with Crippen LogP contribution in [0.1, 0.15) is 10.4 Å². The van der Waals surface area contributed by atoms with Crippen molar-refractivity contribution in [2.45, 2.75) is 0 Å². The second kappa shape index (κ2) is 2.94. The van der Waals surface area contributed by atoms with Crippen LogP contribution in [0.2, 0.25) is 5.15 Å². The van der Waals surface area contributed by atoms with Gasteiger partial charge in [0.05, 0.1) is 5.56 Å². The van der Waals surface area contributed by atoms with E-state index >= 15 is 0 Å². The summed E-state index contributed by atoms with van der Waals surface area (Å²) in [5.74, 6) is 0. The maximum absolute atomic E-state index is 11.1. The van der Waals surface area contributed by atoms with Crippen LogP contribution < -0.4 is 11.3 Å². The van der Waals surface area contributed by atoms with Crippen molar-refractivity contribution in [3.63, 3.8) is 0 Å². The predicted octanol–water partition coefficient (Wildman–Crippen LogP) is -0.172. The van der Waals surface area contributed by atoms with Gasteiger partial charge in [-0.2, -0.15) is 5.10 Å². The molecule has 64 valence electrons. The van der Waals surface area contributed by atoms with Gasteiger partial charge in [0.25, 0.3) is 5.56 Å². The first-order chi connectivity index (χ1) is 5.57. The number of aryl methyl sites for hydroxylation is 1. The molecule has 0 bridgehead atoms. The number of hydrogen-bond donors (Lipinski definition) is 1. The van der Waals surface area contributed by atoms with Gasteiger partial charge >= 0.3 is 0 Å². The van der Waals surface area contributed by atoms with E-state index in [4.69, 9.17) is 17.3 Å². The van der Waals surface area contributed by atoms with Gasteiger partial charge in [-0.25, -0.2) is 4.68 Å². The molecule has 0 aliphatic rings. The average molecular weight is 188 g/mol. The zero-order valence-electron chi connectivity index (χ0n) is 6.24. The predicted molar refractivity (Wildman–Crippen MR) is 44.3 cm³/mol. The number of rotatable bonds is 1. The molecule has 0 amide bonds. The van der Waals surface area contributed by atoms with E-state index in [9.17, 15) is 9.59 Å². The summed E-state index contributed by atoms with van der Waals surface area (Å²) in [6, 6.07) is 0. The Bertz CT molecular complexity index is 385. The number of hydrogen-bond acceptors (Lipinski definition) is 4. The Labute approximate surface area is 72.7 Å². The van der Waals surface area contributed by atoms with E-state index in [1.54, 1.807) is 0 Å². The minimum Gasteiger partial charge on any atom is -0.394 e. The highest BCUT2D eigenvalue weighted by Crippen LogP contribution is 2.12. The van der Waals surface area contributed by atoms with Crippen LogP contribution in [0.5, 0.6) is 0 Å². The highest BCUT2D eigenvalue weighted by molar-refractivity contribution is 6.32. The van der Waals surface area contributed by atoms with Crippen LogP contribution in [0.3, 0.4) is 0 Å². The summed E-state index contributed by atoms with van der Waals surface area (Å²) in [7, 11) is 1.40. The van der Waals surface area contributed by atoms with E-state index in [2.05, 4.69) is 5.10 Å². The standard InChI is InChI=1S/C6H6ClN3O2/c1-10-6(12)4(8)3(2-11)5(7)9-10/h2H,8H2,1H3. The first kappa shape index (κ1) is 8.73. The van der Waals surface area contributed by atoms with Crippen molar-refractivity contribution in [2.24, 2.45) is 7.05 Å². The van der Waals surface area contributed by atoms with Gasteiger partial charge in [0.15, 0.2) is 11.4 Å². The monoisotopic (exact) mass is 187 g/mol. The molecular weight excluding hydrogens is 182 g/mol. The summed E-state index contributed by atoms with van der Waals surface area (Å²) in [5, 5.41) is 3.50. The summed E-state index contributed by atoms with van der Waals surface area (Å²) in [4.78, 5) is 21.4. The third kappa shape index (κ3) is 1.18. The van der Waals surface area contributed by atoms with Crippen LogP contribution in [0.4, 0.5) is 5.69 Å². The van der Waals surface area contributed by atoms with Gasteiger partial charge < -0.3 is 5.73 Å². The van der Waals surface area contributed by atoms with Crippen LogP contribution in [-0.4, -0.2) is 16.1 Å². The molecule has 5 nitrogen and oxygen atoms in total. The van der Waals surface area contributed by atoms with E-state index in [1.807, 2.05) is 0 Å². The summed E-state index contributed by atoms with van der Waals surface area (Å²) in [5.41, 5.74) is 4.55. The van der Waals surface area contributed by atoms with E-state index < -0.39 is 5.56 Å². The van der Waals surface area contributed by atoms with Crippen LogP contribution in [-0.2, 0) is 7.05 Å². The van der Waals surface area contributed by atoms with Gasteiger partial charge in [-0.1, -0.05) is 11.6 Å². The molecule has 2 N–H and O–H groups in total. The van der Waals surface area contributed by atoms with Crippen molar-refractivity contribution in [1.29, 1.82) is 0 Å². The van der Waals surface area contributed by atoms with Gasteiger partial charge in [0, 0.05) is 7.05 Å². The van der Waals surface area contributed by atoms with E-state index in [0.29, 0.717) is 6.29 Å². The summed E-state index contributed by atoms with van der Waals surface area (Å²) < 4.78 is 0.977. The Morgan fingerprint density at radius 3 is 2.75 bits per heavy atom. The van der Waals surface area contributed by atoms with Crippen molar-refractivity contribution in [2.75, 3.05) is 5.73 Å². The van der Waals surface area contributed by atoms with Crippen molar-refractivity contribution < 1.29 is 4.79 Å². The fourth-order valence-electron chi connectivity index (χ4n) is 0.744. The lowest BCUT2D eigenvalue weighted by atomic mass is 10.3. The van der Waals surface area contributed by atoms with Crippen LogP contribution >= 0.6 is 11.6 Å². The second-order valence-electron chi connectivity index (χ2n) is 2.16. The highest BCUT2D eigenvalue weighted by Gasteiger charge is 2.10. The molecule has 1 rings (SSSR count). The number of nitrogen functional groups attached to an aromatic ring is 1. The number of aldehydes is 1. The normalized spacial score (nSPS) is 9.83. The molecule has 0 aromatic carbocycles. The highest BCUT2D eigenvalue weighted by atomic mass is 35.5. The zero-order valence-corrected chi connectivity index (χ0v) is 7.00. The Hall–Kier alpha value is -1.36. The lowest BCUT2D eigenvalue weighted by Gasteiger charge is -2.01. The molecule has 0 aliphatic carbocycles. The lowest BCUT2D eigenvalue weighted by molar-refractivity contribution is 0.112. The first-order valence-electron chi connectivity index (χ1n) is 3.05. The Balaban J connectivity index is 3.62. The maximum Gasteiger partial charge on any atom is 0.290 e. The van der Waals surface area contributed by atoms with Crippen molar-refractivity contribution in [3.8, 4) is 0 Å². The number of aromatic nitrogens is 2. The molecule has 6 heteroatoms. The average Bonchev–Trinajstić information content (AvgIpc) is 2.01. The van der Waals surface area contributed by atoms with Crippen LogP contribution in [0.15, 0.2) is 4.79 Å². The third-order valence-corrected chi connectivity index (χ3v) is 1.67. The van der Waals surface area contributed by atoms with Crippen molar-refractivity contribution in [3.05, 3.63) is 21.1 Å². The summed E-state index contributed by atoms with van der Waals surface area (Å²) >= 11 is 5.52. The lowest BCUT2D eigenvalue weighted by Crippen LogP contribution is -2.24. The molecule has 1 aromatic rings. The third-order valence-electron chi connectivity index (χ3n) is 1.39. The molecule has 1 aromatic heterocycles. The Kier molecular flexibility index (Phi) is 2.14. The molecule has 1 heterocycles. The number of nitrogens with two attached hydrogens (primary N) is 1. The molecule has 0 saturated carbocycles. The Morgan fingerprint density at radius 1 is 1.67 bits per heavy atom. The topological polar surface area (TPSA) is 78.0 Å². The number of carbonyl (C=O) groups is 1. The SMILES string of the molecule is Cn1nc(Cl)c(C=O)c(N)c1=O. The smallest absolute Gasteiger partial charge is 0.290 e. The quantitative estimate of drug-likeness (QED) is 0.619. The van der Waals surface area contributed by atoms with E-state index in [1.165, 1.54) is 7.05 Å². The largest absolute Gasteiger partial charge is 0.394 e. The van der Waals surface area contributed by atoms with Gasteiger partial charge in [-0.3, -0.25) is 9.59 Å². The first-order valence-corrected chi connectivity index (χ1v) is 3.43. The van der Waals surface area contributed by atoms with E-state index in [0.717, 1.165) is 4.68 Å². The van der Waals surface area contributed by atoms with Gasteiger partial charge in [0.1, 0.15) is 5.69 Å². The molecular formula is C6H6ClN3O2. The van der Waals surface area contributed by atoms with Gasteiger partial charge in [-0.15, -0.1) is 0 Å². The van der Waals surface area contributed by atoms with Crippen molar-refractivity contribution >= 4 is 23.6 Å². The fraction of sp³-hybridized carbons (Fsp3) is 0.167. The molecule has 0 fully saturated rings. The van der Waals surface area contributed by atoms with Crippen LogP contribution in [0, 0.1) is 0 Å². The Morgan fingerprint density at radius 2 is 2.25 bits per heavy atom. The van der Waals surface area contributed by atoms with Gasteiger partial charge in [-0.05, 0) is 0 Å². The number of carbonyl (C=O) groups excluding carboxylic acids is 1. The molecule has 0 atom stereocenters. The fourth-order valence-corrected chi connectivity index (χ4v) is 1.00. The van der Waals surface area contributed by atoms with Crippen LogP contribution in [0.25, 0.3) is 0 Å². The molecule has 0 radical (unpaired) electrons. The van der Waals surface area contributed by atoms with Crippen molar-refractivity contribution in [1.82, 2.24) is 9.78 Å². The molecule has 0 unspecified atom stereocenters. The molecule has 0 saturated heterocycles. The zero-order chi connectivity index (χ0) is 9.30. The van der Waals surface area contributed by atoms with E-state index in [-0.39, 0.29) is 16.4 Å². The molecule has 0 aliphatic heterocycles. The minimum absolute atomic E-state index is 0.0558. The number of nitrogens with zero attached hydrogens (tertiary/aromatic N) is 2. The summed E-state index contributed by atoms with van der Waals surface area (Å²) in [6.07, 6.45) is 0.409. The summed E-state index contributed by atoms with van der Waals surface area (Å²) in [6.45, 7) is 0. The maximum atomic E-state index is 11.1. The van der Waals surface area contributed by atoms with Gasteiger partial charge in [0.2, 0.25) is 0 Å². The minimum atomic E-state index is -0.526.